The van der Waals surface area contributed by atoms with Gasteiger partial charge in [-0.2, -0.15) is 0 Å². The number of aromatic nitrogens is 1. The number of esters is 1. The molecule has 7 heteroatoms. The third-order valence-corrected chi connectivity index (χ3v) is 4.39. The Morgan fingerprint density at radius 3 is 2.96 bits per heavy atom. The van der Waals surface area contributed by atoms with Gasteiger partial charge in [-0.05, 0) is 42.9 Å². The van der Waals surface area contributed by atoms with Gasteiger partial charge in [-0.3, -0.25) is 9.78 Å². The van der Waals surface area contributed by atoms with Gasteiger partial charge < -0.3 is 19.4 Å². The average Bonchev–Trinajstić information content (AvgIpc) is 3.24. The summed E-state index contributed by atoms with van der Waals surface area (Å²) >= 11 is 5.51. The molecule has 1 N–H and O–H groups in total. The number of carbonyl (C=O) groups excluding carboxylic acids is 1. The molecule has 2 aromatic rings. The zero-order chi connectivity index (χ0) is 16.9. The van der Waals surface area contributed by atoms with Crippen molar-refractivity contribution in [1.29, 1.82) is 0 Å². The molecule has 0 spiro atoms. The van der Waals surface area contributed by atoms with Gasteiger partial charge in [-0.1, -0.05) is 6.07 Å². The van der Waals surface area contributed by atoms with Crippen LogP contribution in [0.2, 0.25) is 0 Å². The molecule has 126 valence electrons. The zero-order valence-corrected chi connectivity index (χ0v) is 14.2. The second kappa shape index (κ2) is 7.44. The van der Waals surface area contributed by atoms with Crippen LogP contribution in [0.5, 0.6) is 0 Å². The number of ether oxygens (including phenoxy) is 1. The minimum Gasteiger partial charge on any atom is -0.469 e. The maximum absolute atomic E-state index is 11.3. The summed E-state index contributed by atoms with van der Waals surface area (Å²) in [6.45, 7) is 0.635. The maximum Gasteiger partial charge on any atom is 0.305 e. The van der Waals surface area contributed by atoms with E-state index in [4.69, 9.17) is 21.4 Å². The first-order valence-electron chi connectivity index (χ1n) is 7.79. The molecule has 1 aliphatic heterocycles. The molecule has 0 aliphatic carbocycles. The van der Waals surface area contributed by atoms with Crippen molar-refractivity contribution in [3.05, 3.63) is 54.2 Å². The van der Waals surface area contributed by atoms with Crippen LogP contribution in [0.15, 0.2) is 47.2 Å². The van der Waals surface area contributed by atoms with E-state index in [0.29, 0.717) is 24.5 Å². The van der Waals surface area contributed by atoms with Crippen LogP contribution < -0.4 is 5.32 Å². The molecule has 2 aromatic heterocycles. The van der Waals surface area contributed by atoms with E-state index >= 15 is 0 Å². The number of nitrogens with zero attached hydrogens (tertiary/aromatic N) is 2. The van der Waals surface area contributed by atoms with Crippen molar-refractivity contribution >= 4 is 23.3 Å². The largest absolute Gasteiger partial charge is 0.469 e. The highest BCUT2D eigenvalue weighted by atomic mass is 32.1. The number of thiocarbonyl (C=S) groups is 1. The minimum absolute atomic E-state index is 0.0945. The number of nitrogens with one attached hydrogen (secondary N) is 1. The Kier molecular flexibility index (Phi) is 5.10. The van der Waals surface area contributed by atoms with Crippen molar-refractivity contribution in [2.75, 3.05) is 13.7 Å². The van der Waals surface area contributed by atoms with E-state index in [-0.39, 0.29) is 18.1 Å². The van der Waals surface area contributed by atoms with Gasteiger partial charge in [0.05, 0.1) is 25.1 Å². The molecule has 0 aromatic carbocycles. The van der Waals surface area contributed by atoms with Gasteiger partial charge in [0.15, 0.2) is 5.11 Å². The third kappa shape index (κ3) is 3.41. The van der Waals surface area contributed by atoms with Crippen molar-refractivity contribution < 1.29 is 13.9 Å². The Morgan fingerprint density at radius 2 is 2.29 bits per heavy atom. The van der Waals surface area contributed by atoms with E-state index in [0.717, 1.165) is 11.5 Å². The Balaban J connectivity index is 1.81. The van der Waals surface area contributed by atoms with E-state index in [1.807, 2.05) is 30.3 Å². The monoisotopic (exact) mass is 345 g/mol. The molecule has 0 radical (unpaired) electrons. The average molecular weight is 345 g/mol. The number of furan rings is 1. The lowest BCUT2D eigenvalue weighted by Gasteiger charge is -2.25. The number of carbonyl (C=O) groups is 1. The number of methoxy groups -OCH3 is 1. The van der Waals surface area contributed by atoms with Crippen LogP contribution >= 0.6 is 12.2 Å². The van der Waals surface area contributed by atoms with Crippen molar-refractivity contribution in [2.24, 2.45) is 0 Å². The number of pyridine rings is 1. The normalized spacial score (nSPS) is 20.0. The molecule has 1 aliphatic rings. The second-order valence-corrected chi connectivity index (χ2v) is 5.90. The second-order valence-electron chi connectivity index (χ2n) is 5.52. The Morgan fingerprint density at radius 1 is 1.42 bits per heavy atom. The van der Waals surface area contributed by atoms with Crippen molar-refractivity contribution in [3.63, 3.8) is 0 Å². The summed E-state index contributed by atoms with van der Waals surface area (Å²) < 4.78 is 10.3. The highest BCUT2D eigenvalue weighted by Gasteiger charge is 2.41. The van der Waals surface area contributed by atoms with Crippen LogP contribution in [0.25, 0.3) is 0 Å². The smallest absolute Gasteiger partial charge is 0.305 e. The Labute approximate surface area is 145 Å². The number of hydrogen-bond acceptors (Lipinski definition) is 5. The summed E-state index contributed by atoms with van der Waals surface area (Å²) in [6, 6.07) is 9.40. The maximum atomic E-state index is 11.3. The van der Waals surface area contributed by atoms with E-state index in [9.17, 15) is 4.79 Å². The zero-order valence-electron chi connectivity index (χ0n) is 13.3. The minimum atomic E-state index is -0.219. The first-order valence-corrected chi connectivity index (χ1v) is 8.20. The molecule has 24 heavy (non-hydrogen) atoms. The summed E-state index contributed by atoms with van der Waals surface area (Å²) in [5.41, 5.74) is 0.900. The van der Waals surface area contributed by atoms with Gasteiger partial charge in [-0.15, -0.1) is 0 Å². The fraction of sp³-hybridized carbons (Fsp3) is 0.353. The first-order chi connectivity index (χ1) is 11.7. The lowest BCUT2D eigenvalue weighted by Crippen LogP contribution is -2.30. The molecular weight excluding hydrogens is 326 g/mol. The fourth-order valence-electron chi connectivity index (χ4n) is 2.91. The third-order valence-electron chi connectivity index (χ3n) is 4.04. The Bertz CT molecular complexity index is 690. The van der Waals surface area contributed by atoms with E-state index in [1.54, 1.807) is 12.5 Å². The molecule has 6 nitrogen and oxygen atoms in total. The molecular formula is C17H19N3O3S. The lowest BCUT2D eigenvalue weighted by molar-refractivity contribution is -0.140. The number of hydrogen-bond donors (Lipinski definition) is 1. The molecule has 0 amide bonds. The predicted molar refractivity (Wildman–Crippen MR) is 92.1 cm³/mol. The van der Waals surface area contributed by atoms with E-state index < -0.39 is 0 Å². The molecule has 3 heterocycles. The topological polar surface area (TPSA) is 67.6 Å². The number of rotatable bonds is 6. The van der Waals surface area contributed by atoms with Crippen LogP contribution in [-0.2, 0) is 9.53 Å². The summed E-state index contributed by atoms with van der Waals surface area (Å²) in [4.78, 5) is 17.8. The van der Waals surface area contributed by atoms with Crippen LogP contribution in [-0.4, -0.2) is 34.6 Å². The quantitative estimate of drug-likeness (QED) is 0.637. The van der Waals surface area contributed by atoms with Crippen LogP contribution in [0, 0.1) is 0 Å². The van der Waals surface area contributed by atoms with E-state index in [2.05, 4.69) is 15.2 Å². The van der Waals surface area contributed by atoms with Gasteiger partial charge in [0.2, 0.25) is 0 Å². The molecule has 2 atom stereocenters. The van der Waals surface area contributed by atoms with Crippen LogP contribution in [0.3, 0.4) is 0 Å². The van der Waals surface area contributed by atoms with Gasteiger partial charge in [-0.25, -0.2) is 0 Å². The van der Waals surface area contributed by atoms with Crippen LogP contribution in [0.4, 0.5) is 0 Å². The van der Waals surface area contributed by atoms with Crippen molar-refractivity contribution in [1.82, 2.24) is 15.2 Å². The molecule has 1 saturated heterocycles. The summed E-state index contributed by atoms with van der Waals surface area (Å²) in [5, 5.41) is 3.97. The van der Waals surface area contributed by atoms with Crippen molar-refractivity contribution in [3.8, 4) is 0 Å². The van der Waals surface area contributed by atoms with E-state index in [1.165, 1.54) is 7.11 Å². The van der Waals surface area contributed by atoms with Crippen molar-refractivity contribution in [2.45, 2.75) is 24.9 Å². The fourth-order valence-corrected chi connectivity index (χ4v) is 3.24. The standard InChI is InChI=1S/C17H19N3O3S/c1-22-14(21)8-4-10-20-16(13-7-5-11-23-13)15(19-17(20)24)12-6-2-3-9-18-12/h2-3,5-7,9,11,15-16H,4,8,10H2,1H3,(H,19,24)/t15-,16-/m0/s1. The molecule has 0 unspecified atom stereocenters. The summed E-state index contributed by atoms with van der Waals surface area (Å²) in [5.74, 6) is 0.597. The van der Waals surface area contributed by atoms with Gasteiger partial charge in [0.1, 0.15) is 11.8 Å². The molecule has 0 saturated carbocycles. The molecule has 1 fully saturated rings. The highest BCUT2D eigenvalue weighted by Crippen LogP contribution is 2.38. The van der Waals surface area contributed by atoms with Crippen LogP contribution in [0.1, 0.15) is 36.4 Å². The predicted octanol–water partition coefficient (Wildman–Crippen LogP) is 2.60. The molecule has 0 bridgehead atoms. The van der Waals surface area contributed by atoms with Gasteiger partial charge in [0, 0.05) is 19.2 Å². The summed E-state index contributed by atoms with van der Waals surface area (Å²) in [7, 11) is 1.40. The van der Waals surface area contributed by atoms with Gasteiger partial charge in [0.25, 0.3) is 0 Å². The first kappa shape index (κ1) is 16.4. The molecule has 3 rings (SSSR count). The SMILES string of the molecule is COC(=O)CCCN1C(=S)N[C@@H](c2ccccn2)[C@@H]1c1ccco1. The summed E-state index contributed by atoms with van der Waals surface area (Å²) in [6.07, 6.45) is 4.42. The Hall–Kier alpha value is -2.41. The highest BCUT2D eigenvalue weighted by molar-refractivity contribution is 7.80. The lowest BCUT2D eigenvalue weighted by atomic mass is 10.0. The van der Waals surface area contributed by atoms with Gasteiger partial charge >= 0.3 is 5.97 Å².